The molecule has 0 radical (unpaired) electrons. The van der Waals surface area contributed by atoms with Gasteiger partial charge in [0.2, 0.25) is 0 Å². The summed E-state index contributed by atoms with van der Waals surface area (Å²) in [6.07, 6.45) is 14.9. The topological polar surface area (TPSA) is 57.5 Å². The molecule has 2 rings (SSSR count). The van der Waals surface area contributed by atoms with Crippen LogP contribution in [0.1, 0.15) is 78.1 Å². The van der Waals surface area contributed by atoms with Crippen molar-refractivity contribution < 1.29 is 14.4 Å². The summed E-state index contributed by atoms with van der Waals surface area (Å²) in [7, 11) is -2.87. The van der Waals surface area contributed by atoms with Gasteiger partial charge in [0.25, 0.3) is 0 Å². The van der Waals surface area contributed by atoms with Crippen molar-refractivity contribution >= 4 is 8.25 Å². The van der Waals surface area contributed by atoms with Gasteiger partial charge in [0.15, 0.2) is 0 Å². The maximum absolute atomic E-state index is 8.70. The van der Waals surface area contributed by atoms with Gasteiger partial charge in [-0.25, -0.2) is 0 Å². The summed E-state index contributed by atoms with van der Waals surface area (Å²) < 4.78 is 8.70. The minimum absolute atomic E-state index is 1.04. The van der Waals surface area contributed by atoms with E-state index in [-0.39, 0.29) is 0 Å². The van der Waals surface area contributed by atoms with Crippen molar-refractivity contribution in [2.75, 3.05) is 0 Å². The molecular weight excluding hydrogens is 247 g/mol. The summed E-state index contributed by atoms with van der Waals surface area (Å²) in [6.45, 7) is 4.72. The van der Waals surface area contributed by atoms with Crippen molar-refractivity contribution in [3.63, 3.8) is 0 Å². The lowest BCUT2D eigenvalue weighted by Gasteiger charge is -2.15. The van der Waals surface area contributed by atoms with Crippen LogP contribution in [0.4, 0.5) is 0 Å². The number of hydrogen-bond donors (Lipinski definition) is 2. The van der Waals surface area contributed by atoms with E-state index in [1.807, 2.05) is 0 Å². The van der Waals surface area contributed by atoms with Crippen LogP contribution in [-0.2, 0) is 4.57 Å². The molecule has 0 bridgehead atoms. The zero-order chi connectivity index (χ0) is 13.8. The highest BCUT2D eigenvalue weighted by Crippen LogP contribution is 2.22. The van der Waals surface area contributed by atoms with E-state index in [1.165, 1.54) is 64.2 Å². The molecule has 0 aromatic carbocycles. The van der Waals surface area contributed by atoms with Gasteiger partial charge in [-0.05, 0) is 11.8 Å². The maximum atomic E-state index is 8.70. The Balaban J connectivity index is 0.000000253. The molecule has 4 heteroatoms. The molecule has 0 spiro atoms. The largest absolute Gasteiger partial charge is 0.692 e. The maximum Gasteiger partial charge on any atom is 0.692 e. The quantitative estimate of drug-likeness (QED) is 0.625. The molecule has 0 heterocycles. The summed E-state index contributed by atoms with van der Waals surface area (Å²) in [5.74, 6) is 2.07. The van der Waals surface area contributed by atoms with E-state index < -0.39 is 8.25 Å². The van der Waals surface area contributed by atoms with Crippen LogP contribution in [0.5, 0.6) is 0 Å². The SMILES string of the molecule is CC1CCCCC1.CC1CCCCC1.O=[P+](O)O. The predicted molar refractivity (Wildman–Crippen MR) is 76.5 cm³/mol. The van der Waals surface area contributed by atoms with Gasteiger partial charge in [-0.2, -0.15) is 0 Å². The summed E-state index contributed by atoms with van der Waals surface area (Å²) in [5, 5.41) is 0. The normalized spacial score (nSPS) is 21.1. The molecule has 18 heavy (non-hydrogen) atoms. The average molecular weight is 277 g/mol. The van der Waals surface area contributed by atoms with Gasteiger partial charge in [-0.15, -0.1) is 9.79 Å². The summed E-state index contributed by atoms with van der Waals surface area (Å²) in [6, 6.07) is 0. The molecular formula is C14H30O3P+. The fourth-order valence-corrected chi connectivity index (χ4v) is 2.61. The van der Waals surface area contributed by atoms with Crippen LogP contribution in [0.15, 0.2) is 0 Å². The second kappa shape index (κ2) is 12.1. The van der Waals surface area contributed by atoms with Crippen LogP contribution in [0.25, 0.3) is 0 Å². The highest BCUT2D eigenvalue weighted by Gasteiger charge is 2.06. The van der Waals surface area contributed by atoms with Gasteiger partial charge in [0, 0.05) is 4.57 Å². The lowest BCUT2D eigenvalue weighted by atomic mass is 9.91. The van der Waals surface area contributed by atoms with E-state index in [4.69, 9.17) is 14.4 Å². The molecule has 0 amide bonds. The van der Waals surface area contributed by atoms with Crippen molar-refractivity contribution in [2.45, 2.75) is 78.1 Å². The Labute approximate surface area is 113 Å². The zero-order valence-electron chi connectivity index (χ0n) is 12.0. The molecule has 0 aromatic rings. The predicted octanol–water partition coefficient (Wildman–Crippen LogP) is 4.80. The Kier molecular flexibility index (Phi) is 12.1. The molecule has 0 atom stereocenters. The fraction of sp³-hybridized carbons (Fsp3) is 1.00. The van der Waals surface area contributed by atoms with Crippen LogP contribution >= 0.6 is 8.25 Å². The molecule has 2 aliphatic carbocycles. The first-order valence-corrected chi connectivity index (χ1v) is 8.54. The van der Waals surface area contributed by atoms with E-state index in [0.717, 1.165) is 11.8 Å². The summed E-state index contributed by atoms with van der Waals surface area (Å²) in [4.78, 5) is 14.2. The minimum Gasteiger partial charge on any atom is -0.134 e. The van der Waals surface area contributed by atoms with Crippen molar-refractivity contribution in [3.05, 3.63) is 0 Å². The Morgan fingerprint density at radius 3 is 1.06 bits per heavy atom. The molecule has 0 saturated heterocycles. The average Bonchev–Trinajstić information content (AvgIpc) is 2.31. The van der Waals surface area contributed by atoms with E-state index in [9.17, 15) is 0 Å². The van der Waals surface area contributed by atoms with Gasteiger partial charge in [-0.1, -0.05) is 78.1 Å². The van der Waals surface area contributed by atoms with Crippen molar-refractivity contribution in [1.29, 1.82) is 0 Å². The molecule has 2 N–H and O–H groups in total. The molecule has 2 aliphatic rings. The van der Waals surface area contributed by atoms with Crippen LogP contribution in [0.3, 0.4) is 0 Å². The highest BCUT2D eigenvalue weighted by atomic mass is 31.1. The van der Waals surface area contributed by atoms with Crippen molar-refractivity contribution in [3.8, 4) is 0 Å². The molecule has 2 saturated carbocycles. The van der Waals surface area contributed by atoms with Gasteiger partial charge < -0.3 is 0 Å². The first-order chi connectivity index (χ1) is 8.52. The van der Waals surface area contributed by atoms with E-state index in [0.29, 0.717) is 0 Å². The number of hydrogen-bond acceptors (Lipinski definition) is 1. The monoisotopic (exact) mass is 277 g/mol. The molecule has 0 unspecified atom stereocenters. The zero-order valence-corrected chi connectivity index (χ0v) is 12.9. The molecule has 108 valence electrons. The van der Waals surface area contributed by atoms with Crippen molar-refractivity contribution in [2.24, 2.45) is 11.8 Å². The summed E-state index contributed by atoms with van der Waals surface area (Å²) in [5.41, 5.74) is 0. The van der Waals surface area contributed by atoms with E-state index in [2.05, 4.69) is 13.8 Å². The first kappa shape index (κ1) is 18.0. The van der Waals surface area contributed by atoms with Crippen molar-refractivity contribution in [1.82, 2.24) is 0 Å². The van der Waals surface area contributed by atoms with Gasteiger partial charge >= 0.3 is 8.25 Å². The standard InChI is InChI=1S/2C7H14.HO3P/c2*1-7-5-3-2-4-6-7;1-4(2)3/h2*7H,2-6H2,1H3;(H-,1,2,3)/p+1. The minimum atomic E-state index is -2.87. The molecule has 0 aromatic heterocycles. The van der Waals surface area contributed by atoms with Gasteiger partial charge in [0.05, 0.1) is 0 Å². The Morgan fingerprint density at radius 1 is 0.722 bits per heavy atom. The second-order valence-electron chi connectivity index (χ2n) is 5.74. The lowest BCUT2D eigenvalue weighted by Crippen LogP contribution is -1.99. The Hall–Kier alpha value is 0.0200. The first-order valence-electron chi connectivity index (χ1n) is 7.37. The van der Waals surface area contributed by atoms with Gasteiger partial charge in [-0.3, -0.25) is 0 Å². The van der Waals surface area contributed by atoms with E-state index in [1.54, 1.807) is 0 Å². The highest BCUT2D eigenvalue weighted by molar-refractivity contribution is 7.30. The third-order valence-corrected chi connectivity index (χ3v) is 3.79. The van der Waals surface area contributed by atoms with Crippen LogP contribution in [0.2, 0.25) is 0 Å². The molecule has 2 fully saturated rings. The van der Waals surface area contributed by atoms with E-state index >= 15 is 0 Å². The van der Waals surface area contributed by atoms with Crippen LogP contribution in [-0.4, -0.2) is 9.79 Å². The van der Waals surface area contributed by atoms with Gasteiger partial charge in [0.1, 0.15) is 0 Å². The summed E-state index contributed by atoms with van der Waals surface area (Å²) >= 11 is 0. The molecule has 0 aliphatic heterocycles. The Bertz CT molecular complexity index is 177. The molecule has 3 nitrogen and oxygen atoms in total. The third-order valence-electron chi connectivity index (χ3n) is 3.79. The third kappa shape index (κ3) is 14.1. The Morgan fingerprint density at radius 2 is 0.944 bits per heavy atom. The smallest absolute Gasteiger partial charge is 0.134 e. The number of rotatable bonds is 0. The fourth-order valence-electron chi connectivity index (χ4n) is 2.61. The van der Waals surface area contributed by atoms with Crippen LogP contribution in [0, 0.1) is 11.8 Å². The lowest BCUT2D eigenvalue weighted by molar-refractivity contribution is 0.385. The second-order valence-corrected chi connectivity index (χ2v) is 6.24. The van der Waals surface area contributed by atoms with Crippen LogP contribution < -0.4 is 0 Å².